The first-order valence-corrected chi connectivity index (χ1v) is 22.0. The quantitative estimate of drug-likeness (QED) is 0.0859. The molecule has 4 rings (SSSR count). The van der Waals surface area contributed by atoms with Crippen LogP contribution >= 0.6 is 0 Å². The number of carbonyl (C=O) groups excluding carboxylic acids is 2. The molecule has 20 nitrogen and oxygen atoms in total. The van der Waals surface area contributed by atoms with Crippen LogP contribution in [0.25, 0.3) is 10.8 Å². The fourth-order valence-electron chi connectivity index (χ4n) is 4.77. The van der Waals surface area contributed by atoms with Gasteiger partial charge in [-0.25, -0.2) is 12.6 Å². The predicted octanol–water partition coefficient (Wildman–Crippen LogP) is 1.83. The molecule has 0 saturated heterocycles. The number of benzene rings is 3. The van der Waals surface area contributed by atoms with E-state index in [1.54, 1.807) is 6.07 Å². The largest absolute Gasteiger partial charge is 0.397 e. The minimum absolute atomic E-state index is 0.00265. The molecule has 1 amide bonds. The standard InChI is InChI=1S/C30H27N3O17S5/c1-18-25(31-30(35)19-6-3-2-4-7-19)17-22(52(38,39)40)8-5-9-26(53(41,42)43)27(28(18)34)33-32-24-13-10-20-16-21(11-12-23(20)29(24)54(44,45)46)51(36,37)15-14-50-55(47,48)49/h2-4,6-13,16-17,32H,1,5,14-15H2,(H,31,35)(H,38,39,40)(H,41,42,43)(H,44,45,46)(H,47,48,49)/b22-8+,25-17?,26-9+,33-27?. The first kappa shape index (κ1) is 42.8. The zero-order chi connectivity index (χ0) is 41.1. The summed E-state index contributed by atoms with van der Waals surface area (Å²) in [6, 6.07) is 12.0. The highest BCUT2D eigenvalue weighted by molar-refractivity contribution is 7.91. The van der Waals surface area contributed by atoms with E-state index < -0.39 is 123 Å². The van der Waals surface area contributed by atoms with Crippen LogP contribution in [0.5, 0.6) is 0 Å². The number of carbonyl (C=O) groups is 2. The summed E-state index contributed by atoms with van der Waals surface area (Å²) in [5.41, 5.74) is -1.28. The fourth-order valence-corrected chi connectivity index (χ4v) is 8.41. The molecule has 1 aliphatic rings. The van der Waals surface area contributed by atoms with Crippen LogP contribution in [-0.2, 0) is 59.6 Å². The smallest absolute Gasteiger partial charge is 0.321 e. The summed E-state index contributed by atoms with van der Waals surface area (Å²) < 4.78 is 165. The monoisotopic (exact) mass is 861 g/mol. The molecule has 3 aromatic carbocycles. The van der Waals surface area contributed by atoms with Gasteiger partial charge in [0.25, 0.3) is 36.3 Å². The number of rotatable bonds is 12. The Morgan fingerprint density at radius 3 is 2.05 bits per heavy atom. The van der Waals surface area contributed by atoms with Crippen LogP contribution in [0.3, 0.4) is 0 Å². The number of sulfone groups is 1. The van der Waals surface area contributed by atoms with E-state index in [1.807, 2.05) is 0 Å². The number of hydrogen-bond donors (Lipinski definition) is 6. The topological polar surface area (TPSA) is 331 Å². The Kier molecular flexibility index (Phi) is 12.5. The van der Waals surface area contributed by atoms with Gasteiger partial charge >= 0.3 is 10.4 Å². The number of hydrogen-bond acceptors (Lipinski definition) is 15. The van der Waals surface area contributed by atoms with E-state index in [1.165, 1.54) is 24.3 Å². The number of allylic oxidation sites excluding steroid dienone is 5. The third-order valence-electron chi connectivity index (χ3n) is 7.25. The first-order valence-electron chi connectivity index (χ1n) is 14.7. The van der Waals surface area contributed by atoms with E-state index in [2.05, 4.69) is 26.6 Å². The average Bonchev–Trinajstić information content (AvgIpc) is 3.06. The summed E-state index contributed by atoms with van der Waals surface area (Å²) in [5.74, 6) is -3.37. The number of Topliss-reactive ketones (excluding diaryl/α,β-unsaturated/α-hetero) is 1. The minimum Gasteiger partial charge on any atom is -0.321 e. The van der Waals surface area contributed by atoms with E-state index >= 15 is 0 Å². The molecule has 294 valence electrons. The van der Waals surface area contributed by atoms with Gasteiger partial charge < -0.3 is 5.32 Å². The summed E-state index contributed by atoms with van der Waals surface area (Å²) in [5, 5.41) is 5.44. The highest BCUT2D eigenvalue weighted by Crippen LogP contribution is 2.33. The second-order valence-electron chi connectivity index (χ2n) is 11.0. The van der Waals surface area contributed by atoms with Crippen molar-refractivity contribution in [1.82, 2.24) is 5.32 Å². The fraction of sp³-hybridized carbons (Fsp3) is 0.100. The minimum atomic E-state index is -5.45. The Morgan fingerprint density at radius 2 is 1.47 bits per heavy atom. The van der Waals surface area contributed by atoms with Crippen molar-refractivity contribution in [2.45, 2.75) is 16.2 Å². The van der Waals surface area contributed by atoms with Gasteiger partial charge in [0, 0.05) is 16.5 Å². The molecule has 0 bridgehead atoms. The normalized spacial score (nSPS) is 17.8. The van der Waals surface area contributed by atoms with E-state index in [-0.39, 0.29) is 16.3 Å². The lowest BCUT2D eigenvalue weighted by Crippen LogP contribution is -2.31. The van der Waals surface area contributed by atoms with Crippen LogP contribution in [0.15, 0.2) is 121 Å². The summed E-state index contributed by atoms with van der Waals surface area (Å²) in [6.07, 6.45) is 1.28. The molecule has 0 heterocycles. The summed E-state index contributed by atoms with van der Waals surface area (Å²) >= 11 is 0. The molecule has 0 aliphatic heterocycles. The van der Waals surface area contributed by atoms with E-state index in [4.69, 9.17) is 4.55 Å². The van der Waals surface area contributed by atoms with Gasteiger partial charge in [-0.1, -0.05) is 49.1 Å². The molecule has 0 radical (unpaired) electrons. The van der Waals surface area contributed by atoms with E-state index in [0.29, 0.717) is 12.2 Å². The summed E-state index contributed by atoms with van der Waals surface area (Å²) in [4.78, 5) is 23.2. The van der Waals surface area contributed by atoms with E-state index in [9.17, 15) is 65.3 Å². The highest BCUT2D eigenvalue weighted by atomic mass is 32.3. The van der Waals surface area contributed by atoms with Gasteiger partial charge in [0.05, 0.1) is 33.5 Å². The SMILES string of the molecule is C=C1C(=O)C(=NNc2ccc3cc(S(=O)(=O)CCOS(=O)(=O)O)ccc3c2S(=O)(=O)O)/C(S(=O)(=O)O)=C\C/C=C(/S(=O)(=O)O)C=C1NC(=O)c1ccccc1. The molecule has 0 atom stereocenters. The van der Waals surface area contributed by atoms with Gasteiger partial charge in [-0.3, -0.25) is 33.2 Å². The molecule has 6 N–H and O–H groups in total. The molecule has 0 aromatic heterocycles. The summed E-state index contributed by atoms with van der Waals surface area (Å²) in [6.45, 7) is 2.53. The Bertz CT molecular complexity index is 2810. The van der Waals surface area contributed by atoms with Crippen molar-refractivity contribution in [2.75, 3.05) is 17.8 Å². The maximum Gasteiger partial charge on any atom is 0.397 e. The molecule has 0 saturated carbocycles. The molecular weight excluding hydrogens is 835 g/mol. The molecular formula is C30H27N3O17S5. The third kappa shape index (κ3) is 10.8. The molecule has 3 aromatic rings. The van der Waals surface area contributed by atoms with Crippen molar-refractivity contribution in [3.63, 3.8) is 0 Å². The zero-order valence-corrected chi connectivity index (χ0v) is 31.5. The van der Waals surface area contributed by atoms with Gasteiger partial charge in [-0.15, -0.1) is 0 Å². The van der Waals surface area contributed by atoms with Crippen LogP contribution in [0, 0.1) is 0 Å². The number of nitrogens with zero attached hydrogens (tertiary/aromatic N) is 1. The number of amides is 1. The van der Waals surface area contributed by atoms with Gasteiger partial charge in [0.1, 0.15) is 9.80 Å². The van der Waals surface area contributed by atoms with Crippen LogP contribution in [-0.4, -0.2) is 90.1 Å². The van der Waals surface area contributed by atoms with Crippen molar-refractivity contribution in [3.8, 4) is 0 Å². The van der Waals surface area contributed by atoms with Crippen molar-refractivity contribution in [3.05, 3.63) is 112 Å². The Hall–Kier alpha value is -4.96. The van der Waals surface area contributed by atoms with Crippen LogP contribution in [0.4, 0.5) is 5.69 Å². The lowest BCUT2D eigenvalue weighted by molar-refractivity contribution is -0.109. The zero-order valence-electron chi connectivity index (χ0n) is 27.4. The number of anilines is 1. The Labute approximate surface area is 313 Å². The molecule has 0 unspecified atom stereocenters. The number of hydrazone groups is 1. The van der Waals surface area contributed by atoms with Gasteiger partial charge in [0.15, 0.2) is 15.5 Å². The lowest BCUT2D eigenvalue weighted by atomic mass is 10.0. The number of fused-ring (bicyclic) bond motifs is 1. The number of ketones is 1. The molecule has 0 fully saturated rings. The second kappa shape index (κ2) is 16.0. The second-order valence-corrected chi connectivity index (χ2v) is 18.4. The van der Waals surface area contributed by atoms with E-state index in [0.717, 1.165) is 36.4 Å². The van der Waals surface area contributed by atoms with Gasteiger partial charge in [-0.05, 0) is 48.2 Å². The number of nitrogens with one attached hydrogen (secondary N) is 2. The average molecular weight is 862 g/mol. The van der Waals surface area contributed by atoms with Crippen molar-refractivity contribution in [2.24, 2.45) is 5.10 Å². The Balaban J connectivity index is 1.86. The van der Waals surface area contributed by atoms with Crippen molar-refractivity contribution < 1.29 is 74.1 Å². The van der Waals surface area contributed by atoms with Crippen LogP contribution < -0.4 is 10.7 Å². The molecule has 1 aliphatic carbocycles. The summed E-state index contributed by atoms with van der Waals surface area (Å²) in [7, 11) is -25.1. The maximum atomic E-state index is 13.9. The van der Waals surface area contributed by atoms with Gasteiger partial charge in [0.2, 0.25) is 5.78 Å². The van der Waals surface area contributed by atoms with Crippen molar-refractivity contribution >= 4 is 84.5 Å². The Morgan fingerprint density at radius 1 is 0.818 bits per heavy atom. The lowest BCUT2D eigenvalue weighted by Gasteiger charge is -2.17. The highest BCUT2D eigenvalue weighted by Gasteiger charge is 2.32. The predicted molar refractivity (Wildman–Crippen MR) is 194 cm³/mol. The molecule has 55 heavy (non-hydrogen) atoms. The molecule has 25 heteroatoms. The van der Waals surface area contributed by atoms with Crippen LogP contribution in [0.2, 0.25) is 0 Å². The van der Waals surface area contributed by atoms with Gasteiger partial charge in [-0.2, -0.15) is 38.8 Å². The third-order valence-corrected chi connectivity index (χ3v) is 12.1. The maximum absolute atomic E-state index is 13.9. The first-order chi connectivity index (χ1) is 25.3. The molecule has 0 spiro atoms. The van der Waals surface area contributed by atoms with Crippen molar-refractivity contribution in [1.29, 1.82) is 0 Å². The van der Waals surface area contributed by atoms with Crippen LogP contribution in [0.1, 0.15) is 16.8 Å².